The fraction of sp³-hybridized carbons (Fsp3) is 0.667. The summed E-state index contributed by atoms with van der Waals surface area (Å²) in [5.41, 5.74) is -2.94. The van der Waals surface area contributed by atoms with Gasteiger partial charge in [0.15, 0.2) is 17.1 Å². The molecule has 6 atom stereocenters. The number of hydrogen-bond acceptors (Lipinski definition) is 9. The molecule has 1 aliphatic heterocycles. The highest BCUT2D eigenvalue weighted by atomic mass is 32.2. The highest BCUT2D eigenvalue weighted by Gasteiger charge is 2.66. The molecule has 0 aliphatic carbocycles. The van der Waals surface area contributed by atoms with Crippen molar-refractivity contribution in [3.8, 4) is 0 Å². The molecule has 1 aliphatic rings. The Morgan fingerprint density at radius 3 is 1.65 bits per heavy atom. The monoisotopic (exact) mass is 540 g/mol. The minimum atomic E-state index is -2.63. The van der Waals surface area contributed by atoms with E-state index in [-0.39, 0.29) is 4.90 Å². The number of carbonyl (C=O) groups excluding carboxylic acids is 3. The lowest BCUT2D eigenvalue weighted by molar-refractivity contribution is -0.311. The number of benzene rings is 1. The van der Waals surface area contributed by atoms with Crippen LogP contribution in [0.25, 0.3) is 0 Å². The summed E-state index contributed by atoms with van der Waals surface area (Å²) in [5, 5.41) is 9.17. The number of esters is 3. The summed E-state index contributed by atoms with van der Waals surface area (Å²) in [4.78, 5) is 39.1. The van der Waals surface area contributed by atoms with Crippen molar-refractivity contribution < 1.29 is 43.0 Å². The molecular weight excluding hydrogens is 500 g/mol. The maximum absolute atomic E-state index is 13.7. The molecule has 1 unspecified atom stereocenters. The van der Waals surface area contributed by atoms with Crippen molar-refractivity contribution in [3.63, 3.8) is 0 Å². The number of carbonyl (C=O) groups is 3. The van der Waals surface area contributed by atoms with Gasteiger partial charge in [0.1, 0.15) is 6.10 Å². The Hall–Kier alpha value is -2.14. The van der Waals surface area contributed by atoms with Crippen LogP contribution in [0.2, 0.25) is 0 Å². The Labute approximate surface area is 222 Å². The summed E-state index contributed by atoms with van der Waals surface area (Å²) in [6, 6.07) is 8.01. The van der Waals surface area contributed by atoms with Crippen molar-refractivity contribution in [2.24, 2.45) is 16.2 Å². The summed E-state index contributed by atoms with van der Waals surface area (Å²) in [6.07, 6.45) is -5.68. The number of ether oxygens (including phenoxy) is 4. The van der Waals surface area contributed by atoms with Crippen LogP contribution in [0, 0.1) is 16.2 Å². The lowest BCUT2D eigenvalue weighted by atomic mass is 9.93. The summed E-state index contributed by atoms with van der Waals surface area (Å²) in [6.45, 7) is 16.1. The van der Waals surface area contributed by atoms with E-state index in [0.29, 0.717) is 0 Å². The maximum Gasteiger partial charge on any atom is 0.383 e. The number of rotatable bonds is 5. The molecule has 0 bridgehead atoms. The molecule has 0 spiro atoms. The van der Waals surface area contributed by atoms with E-state index >= 15 is 0 Å². The van der Waals surface area contributed by atoms with Crippen molar-refractivity contribution in [3.05, 3.63) is 30.3 Å². The zero-order valence-electron chi connectivity index (χ0n) is 23.3. The first-order valence-corrected chi connectivity index (χ1v) is 13.3. The van der Waals surface area contributed by atoms with Crippen LogP contribution in [0.3, 0.4) is 0 Å². The van der Waals surface area contributed by atoms with E-state index < -0.39 is 74.9 Å². The van der Waals surface area contributed by atoms with Gasteiger partial charge in [-0.25, -0.2) is 0 Å². The Bertz CT molecular complexity index is 974. The fourth-order valence-electron chi connectivity index (χ4n) is 3.24. The Morgan fingerprint density at radius 2 is 1.22 bits per heavy atom. The van der Waals surface area contributed by atoms with Gasteiger partial charge < -0.3 is 23.9 Å². The van der Waals surface area contributed by atoms with Crippen molar-refractivity contribution >= 4 is 29.1 Å². The largest absolute Gasteiger partial charge is 0.607 e. The van der Waals surface area contributed by atoms with Crippen LogP contribution in [0.5, 0.6) is 0 Å². The second-order valence-electron chi connectivity index (χ2n) is 12.4. The van der Waals surface area contributed by atoms with Gasteiger partial charge in [0.25, 0.3) is 0 Å². The Morgan fingerprint density at radius 1 is 0.811 bits per heavy atom. The first-order chi connectivity index (χ1) is 16.7. The zero-order chi connectivity index (χ0) is 28.6. The van der Waals surface area contributed by atoms with E-state index in [4.69, 9.17) is 18.9 Å². The third-order valence-electron chi connectivity index (χ3n) is 5.58. The molecule has 1 heterocycles. The van der Waals surface area contributed by atoms with Crippen LogP contribution in [-0.2, 0) is 44.5 Å². The lowest BCUT2D eigenvalue weighted by Gasteiger charge is -2.48. The third kappa shape index (κ3) is 7.25. The van der Waals surface area contributed by atoms with Crippen LogP contribution in [0.1, 0.15) is 69.2 Å². The van der Waals surface area contributed by atoms with Gasteiger partial charge in [-0.15, -0.1) is 0 Å². The highest BCUT2D eigenvalue weighted by molar-refractivity contribution is 7.92. The molecule has 0 amide bonds. The molecule has 1 aromatic rings. The molecule has 37 heavy (non-hydrogen) atoms. The first-order valence-electron chi connectivity index (χ1n) is 12.2. The van der Waals surface area contributed by atoms with Gasteiger partial charge in [-0.2, -0.15) is 0 Å². The minimum absolute atomic E-state index is 0.194. The average Bonchev–Trinajstić information content (AvgIpc) is 2.76. The molecule has 9 nitrogen and oxygen atoms in total. The molecule has 0 radical (unpaired) electrons. The van der Waals surface area contributed by atoms with Gasteiger partial charge in [0.05, 0.1) is 27.4 Å². The quantitative estimate of drug-likeness (QED) is 0.337. The van der Waals surface area contributed by atoms with Crippen molar-refractivity contribution in [1.29, 1.82) is 0 Å². The van der Waals surface area contributed by atoms with Crippen molar-refractivity contribution in [1.82, 2.24) is 0 Å². The standard InChI is InChI=1S/C27H40O9S/c1-16-18(33-21(28)24(2,3)4)19(34-22(29)25(5,6)7)20(35-23(30)26(8,9)10)27(31,36-16)37(32)17-14-12-11-13-15-17/h11-16,18-20,31H,1-10H3/t16-,18+,19+,20-,27-,37?/m0/s1. The van der Waals surface area contributed by atoms with E-state index in [2.05, 4.69) is 0 Å². The van der Waals surface area contributed by atoms with E-state index in [9.17, 15) is 24.0 Å². The maximum atomic E-state index is 13.7. The zero-order valence-corrected chi connectivity index (χ0v) is 24.1. The first kappa shape index (κ1) is 31.1. The van der Waals surface area contributed by atoms with Crippen LogP contribution in [0.15, 0.2) is 35.2 Å². The SMILES string of the molecule is C[C@@H]1O[C@](O)([S+]([O-])c2ccccc2)[C@@H](OC(=O)C(C)(C)C)[C@H](OC(=O)C(C)(C)C)[C@@H]1OC(=O)C(C)(C)C. The predicted molar refractivity (Wildman–Crippen MR) is 136 cm³/mol. The predicted octanol–water partition coefficient (Wildman–Crippen LogP) is 3.73. The molecule has 1 saturated heterocycles. The van der Waals surface area contributed by atoms with Crippen LogP contribution in [0.4, 0.5) is 0 Å². The van der Waals surface area contributed by atoms with Crippen molar-refractivity contribution in [2.45, 2.75) is 104 Å². The van der Waals surface area contributed by atoms with Crippen LogP contribution >= 0.6 is 0 Å². The highest BCUT2D eigenvalue weighted by Crippen LogP contribution is 2.42. The second kappa shape index (κ2) is 10.9. The molecule has 10 heteroatoms. The third-order valence-corrected chi connectivity index (χ3v) is 7.14. The van der Waals surface area contributed by atoms with Gasteiger partial charge in [-0.3, -0.25) is 19.1 Å². The number of aliphatic hydroxyl groups is 1. The second-order valence-corrected chi connectivity index (χ2v) is 13.9. The fourth-order valence-corrected chi connectivity index (χ4v) is 4.61. The van der Waals surface area contributed by atoms with E-state index in [1.807, 2.05) is 0 Å². The van der Waals surface area contributed by atoms with Gasteiger partial charge in [0.2, 0.25) is 6.10 Å². The molecule has 2 rings (SSSR count). The van der Waals surface area contributed by atoms with Gasteiger partial charge in [-0.1, -0.05) is 18.2 Å². The van der Waals surface area contributed by atoms with Crippen LogP contribution < -0.4 is 0 Å². The van der Waals surface area contributed by atoms with Gasteiger partial charge in [-0.05, 0) is 81.4 Å². The Balaban J connectivity index is 2.69. The summed E-state index contributed by atoms with van der Waals surface area (Å²) < 4.78 is 36.8. The Kier molecular flexibility index (Phi) is 9.17. The smallest absolute Gasteiger partial charge is 0.383 e. The molecule has 1 aromatic carbocycles. The molecular formula is C27H40O9S. The van der Waals surface area contributed by atoms with Crippen LogP contribution in [-0.4, -0.2) is 57.1 Å². The van der Waals surface area contributed by atoms with E-state index in [0.717, 1.165) is 0 Å². The lowest BCUT2D eigenvalue weighted by Crippen LogP contribution is -2.70. The minimum Gasteiger partial charge on any atom is -0.607 e. The molecule has 208 valence electrons. The van der Waals surface area contributed by atoms with Crippen molar-refractivity contribution in [2.75, 3.05) is 0 Å². The van der Waals surface area contributed by atoms with E-state index in [1.165, 1.54) is 19.1 Å². The number of hydrogen-bond donors (Lipinski definition) is 1. The van der Waals surface area contributed by atoms with E-state index in [1.54, 1.807) is 80.5 Å². The molecule has 1 fully saturated rings. The molecule has 0 aromatic heterocycles. The molecule has 1 N–H and O–H groups in total. The summed E-state index contributed by atoms with van der Waals surface area (Å²) in [7, 11) is 0. The average molecular weight is 541 g/mol. The van der Waals surface area contributed by atoms with Gasteiger partial charge in [0, 0.05) is 0 Å². The summed E-state index contributed by atoms with van der Waals surface area (Å²) >= 11 is -2.31. The normalized spacial score (nSPS) is 27.7. The van der Waals surface area contributed by atoms with Gasteiger partial charge >= 0.3 is 23.0 Å². The molecule has 0 saturated carbocycles. The topological polar surface area (TPSA) is 131 Å². The summed E-state index contributed by atoms with van der Waals surface area (Å²) in [5.74, 6) is -2.09.